The summed E-state index contributed by atoms with van der Waals surface area (Å²) in [4.78, 5) is 14.0. The van der Waals surface area contributed by atoms with Gasteiger partial charge in [-0.1, -0.05) is 41.5 Å². The molecule has 0 amide bonds. The first-order valence-electron chi connectivity index (χ1n) is 10.6. The van der Waals surface area contributed by atoms with Crippen molar-refractivity contribution in [1.82, 2.24) is 3.97 Å². The number of rotatable bonds is 7. The van der Waals surface area contributed by atoms with Gasteiger partial charge < -0.3 is 9.47 Å². The quantitative estimate of drug-likeness (QED) is 0.107. The molecule has 1 aromatic heterocycles. The van der Waals surface area contributed by atoms with Crippen molar-refractivity contribution in [2.45, 2.75) is 11.4 Å². The highest BCUT2D eigenvalue weighted by atomic mass is 32.2. The molecular formula is C24H17N5O6S. The number of hydrogen-bond acceptors (Lipinski definition) is 7. The SMILES string of the molecule is [N-]=[N+]=NCc1c(/C=C/c2cc3c(cc2[N+](=O)[O-])OCO3)n(S(=O)(=O)c2ccccc2)c2ccccc12. The van der Waals surface area contributed by atoms with E-state index in [-0.39, 0.29) is 40.9 Å². The molecule has 0 atom stereocenters. The number of nitrogens with zero attached hydrogens (tertiary/aromatic N) is 5. The predicted molar refractivity (Wildman–Crippen MR) is 132 cm³/mol. The lowest BCUT2D eigenvalue weighted by Gasteiger charge is -2.11. The fraction of sp³-hybridized carbons (Fsp3) is 0.0833. The molecule has 36 heavy (non-hydrogen) atoms. The Labute approximate surface area is 204 Å². The van der Waals surface area contributed by atoms with E-state index >= 15 is 0 Å². The third kappa shape index (κ3) is 3.90. The van der Waals surface area contributed by atoms with Gasteiger partial charge in [0.1, 0.15) is 0 Å². The molecule has 1 aliphatic rings. The maximum atomic E-state index is 13.8. The summed E-state index contributed by atoms with van der Waals surface area (Å²) >= 11 is 0. The molecule has 0 fully saturated rings. The van der Waals surface area contributed by atoms with Crippen LogP contribution in [0.4, 0.5) is 5.69 Å². The Hall–Kier alpha value is -4.80. The molecule has 0 aliphatic carbocycles. The van der Waals surface area contributed by atoms with Gasteiger partial charge in [0.05, 0.1) is 39.2 Å². The number of fused-ring (bicyclic) bond motifs is 2. The van der Waals surface area contributed by atoms with Gasteiger partial charge in [0.2, 0.25) is 6.79 Å². The van der Waals surface area contributed by atoms with Crippen LogP contribution in [0.3, 0.4) is 0 Å². The van der Waals surface area contributed by atoms with Gasteiger partial charge in [0, 0.05) is 10.3 Å². The average Bonchev–Trinajstić information content (AvgIpc) is 3.47. The second-order valence-electron chi connectivity index (χ2n) is 7.71. The Morgan fingerprint density at radius 3 is 2.47 bits per heavy atom. The standard InChI is InChI=1S/C24H17N5O6S/c25-27-26-14-19-18-8-4-5-9-20(18)28(36(32,33)17-6-2-1-3-7-17)21(19)11-10-16-12-23-24(35-15-34-23)13-22(16)29(30)31/h1-13H,14-15H2/b11-10+. The highest BCUT2D eigenvalue weighted by Crippen LogP contribution is 2.39. The van der Waals surface area contributed by atoms with Gasteiger partial charge in [-0.2, -0.15) is 0 Å². The van der Waals surface area contributed by atoms with Crippen molar-refractivity contribution in [2.24, 2.45) is 5.11 Å². The molecule has 12 heteroatoms. The van der Waals surface area contributed by atoms with Crippen LogP contribution in [-0.4, -0.2) is 24.1 Å². The van der Waals surface area contributed by atoms with E-state index < -0.39 is 14.9 Å². The zero-order valence-electron chi connectivity index (χ0n) is 18.5. The smallest absolute Gasteiger partial charge is 0.280 e. The fourth-order valence-corrected chi connectivity index (χ4v) is 5.66. The van der Waals surface area contributed by atoms with Crippen molar-refractivity contribution in [3.05, 3.63) is 104 Å². The van der Waals surface area contributed by atoms with E-state index in [9.17, 15) is 18.5 Å². The third-order valence-corrected chi connectivity index (χ3v) is 7.43. The number of para-hydroxylation sites is 1. The monoisotopic (exact) mass is 503 g/mol. The number of ether oxygens (including phenoxy) is 2. The Balaban J connectivity index is 1.78. The molecule has 2 heterocycles. The van der Waals surface area contributed by atoms with Crippen LogP contribution < -0.4 is 9.47 Å². The summed E-state index contributed by atoms with van der Waals surface area (Å²) < 4.78 is 39.3. The molecule has 1 aliphatic heterocycles. The zero-order chi connectivity index (χ0) is 25.3. The summed E-state index contributed by atoms with van der Waals surface area (Å²) in [5, 5.41) is 15.9. The van der Waals surface area contributed by atoms with Crippen LogP contribution in [0.5, 0.6) is 11.5 Å². The first-order chi connectivity index (χ1) is 17.4. The first-order valence-corrected chi connectivity index (χ1v) is 12.1. The average molecular weight is 503 g/mol. The van der Waals surface area contributed by atoms with E-state index in [1.165, 1.54) is 36.4 Å². The van der Waals surface area contributed by atoms with Crippen LogP contribution in [0.1, 0.15) is 16.8 Å². The van der Waals surface area contributed by atoms with Crippen molar-refractivity contribution < 1.29 is 22.8 Å². The summed E-state index contributed by atoms with van der Waals surface area (Å²) in [5.41, 5.74) is 9.94. The van der Waals surface area contributed by atoms with Crippen molar-refractivity contribution in [3.8, 4) is 11.5 Å². The number of hydrogen-bond donors (Lipinski definition) is 0. The van der Waals surface area contributed by atoms with Gasteiger partial charge in [-0.15, -0.1) is 0 Å². The molecule has 180 valence electrons. The Morgan fingerprint density at radius 2 is 1.75 bits per heavy atom. The van der Waals surface area contributed by atoms with Gasteiger partial charge >= 0.3 is 0 Å². The van der Waals surface area contributed by atoms with E-state index in [4.69, 9.17) is 15.0 Å². The van der Waals surface area contributed by atoms with Crippen molar-refractivity contribution >= 4 is 38.8 Å². The summed E-state index contributed by atoms with van der Waals surface area (Å²) in [6, 6.07) is 17.5. The Kier molecular flexibility index (Phi) is 5.80. The molecule has 11 nitrogen and oxygen atoms in total. The van der Waals surface area contributed by atoms with Crippen LogP contribution in [0, 0.1) is 10.1 Å². The number of nitro groups is 1. The minimum atomic E-state index is -4.09. The second-order valence-corrected chi connectivity index (χ2v) is 9.49. The third-order valence-electron chi connectivity index (χ3n) is 5.69. The maximum absolute atomic E-state index is 13.8. The highest BCUT2D eigenvalue weighted by Gasteiger charge is 2.26. The first kappa shape index (κ1) is 23.0. The van der Waals surface area contributed by atoms with Gasteiger partial charge in [0.15, 0.2) is 11.5 Å². The molecule has 5 rings (SSSR count). The van der Waals surface area contributed by atoms with Crippen LogP contribution in [-0.2, 0) is 16.6 Å². The minimum absolute atomic E-state index is 0.0560. The van der Waals surface area contributed by atoms with Crippen molar-refractivity contribution in [1.29, 1.82) is 0 Å². The lowest BCUT2D eigenvalue weighted by atomic mass is 10.1. The zero-order valence-corrected chi connectivity index (χ0v) is 19.3. The fourth-order valence-electron chi connectivity index (χ4n) is 4.10. The van der Waals surface area contributed by atoms with E-state index in [0.717, 1.165) is 3.97 Å². The summed E-state index contributed by atoms with van der Waals surface area (Å²) in [7, 11) is -4.09. The number of nitro benzene ring substituents is 1. The largest absolute Gasteiger partial charge is 0.454 e. The molecule has 0 saturated carbocycles. The van der Waals surface area contributed by atoms with Crippen LogP contribution in [0.25, 0.3) is 33.5 Å². The van der Waals surface area contributed by atoms with E-state index in [1.54, 1.807) is 42.5 Å². The summed E-state index contributed by atoms with van der Waals surface area (Å²) in [5.74, 6) is 0.593. The molecule has 0 bridgehead atoms. The van der Waals surface area contributed by atoms with Gasteiger partial charge in [-0.25, -0.2) is 12.4 Å². The maximum Gasteiger partial charge on any atom is 0.280 e. The van der Waals surface area contributed by atoms with Crippen LogP contribution in [0.2, 0.25) is 0 Å². The second kappa shape index (κ2) is 9.10. The normalized spacial score (nSPS) is 12.7. The number of azide groups is 1. The molecule has 0 radical (unpaired) electrons. The van der Waals surface area contributed by atoms with Crippen molar-refractivity contribution in [3.63, 3.8) is 0 Å². The number of benzene rings is 3. The Bertz CT molecular complexity index is 1690. The molecule has 0 unspecified atom stereocenters. The van der Waals surface area contributed by atoms with Gasteiger partial charge in [-0.05, 0) is 47.5 Å². The molecule has 0 spiro atoms. The van der Waals surface area contributed by atoms with Crippen LogP contribution in [0.15, 0.2) is 76.7 Å². The minimum Gasteiger partial charge on any atom is -0.454 e. The predicted octanol–water partition coefficient (Wildman–Crippen LogP) is 5.50. The van der Waals surface area contributed by atoms with Gasteiger partial charge in [0.25, 0.3) is 15.7 Å². The summed E-state index contributed by atoms with van der Waals surface area (Å²) in [6.07, 6.45) is 2.90. The number of aromatic nitrogens is 1. The molecular weight excluding hydrogens is 486 g/mol. The Morgan fingerprint density at radius 1 is 1.06 bits per heavy atom. The lowest BCUT2D eigenvalue weighted by molar-refractivity contribution is -0.385. The van der Waals surface area contributed by atoms with Crippen molar-refractivity contribution in [2.75, 3.05) is 6.79 Å². The van der Waals surface area contributed by atoms with Gasteiger partial charge in [-0.3, -0.25) is 10.1 Å². The highest BCUT2D eigenvalue weighted by molar-refractivity contribution is 7.90. The van der Waals surface area contributed by atoms with E-state index in [2.05, 4.69) is 10.0 Å². The van der Waals surface area contributed by atoms with E-state index in [1.807, 2.05) is 0 Å². The summed E-state index contributed by atoms with van der Waals surface area (Å²) in [6.45, 7) is -0.184. The molecule has 4 aromatic rings. The van der Waals surface area contributed by atoms with E-state index in [0.29, 0.717) is 22.2 Å². The molecule has 0 N–H and O–H groups in total. The lowest BCUT2D eigenvalue weighted by Crippen LogP contribution is -2.14. The topological polar surface area (TPSA) is 149 Å². The molecule has 0 saturated heterocycles. The molecule has 3 aromatic carbocycles. The van der Waals surface area contributed by atoms with Crippen LogP contribution >= 0.6 is 0 Å².